The molecule has 156 valence electrons. The monoisotopic (exact) mass is 409 g/mol. The van der Waals surface area contributed by atoms with Gasteiger partial charge < -0.3 is 21.3 Å². The Balaban J connectivity index is 1.90. The summed E-state index contributed by atoms with van der Waals surface area (Å²) in [6.07, 6.45) is 9.53. The fourth-order valence-corrected chi connectivity index (χ4v) is 2.53. The van der Waals surface area contributed by atoms with Crippen LogP contribution in [0.25, 0.3) is 0 Å². The molecule has 2 aromatic rings. The van der Waals surface area contributed by atoms with E-state index in [0.29, 0.717) is 18.2 Å². The molecule has 0 bridgehead atoms. The zero-order chi connectivity index (χ0) is 21.5. The summed E-state index contributed by atoms with van der Waals surface area (Å²) in [5, 5.41) is 18.9. The number of hydrogen-bond donors (Lipinski definition) is 5. The molecule has 0 atom stereocenters. The Labute approximate surface area is 173 Å². The molecule has 0 saturated heterocycles. The van der Waals surface area contributed by atoms with Crippen LogP contribution >= 0.6 is 0 Å². The largest absolute Gasteiger partial charge is 0.389 e. The van der Waals surface area contributed by atoms with E-state index in [2.05, 4.69) is 41.2 Å². The van der Waals surface area contributed by atoms with E-state index in [4.69, 9.17) is 5.41 Å². The molecule has 1 fully saturated rings. The van der Waals surface area contributed by atoms with Crippen molar-refractivity contribution in [3.63, 3.8) is 0 Å². The van der Waals surface area contributed by atoms with Gasteiger partial charge in [-0.15, -0.1) is 0 Å². The predicted octanol–water partition coefficient (Wildman–Crippen LogP) is 0.834. The third kappa shape index (κ3) is 5.13. The number of nitrogens with zero attached hydrogens (tertiary/aromatic N) is 4. The molecule has 2 heterocycles. The lowest BCUT2D eigenvalue weighted by Gasteiger charge is -2.14. The average Bonchev–Trinajstić information content (AvgIpc) is 3.62. The van der Waals surface area contributed by atoms with E-state index < -0.39 is 11.8 Å². The molecular formula is C19H23N9O2. The number of anilines is 2. The highest BCUT2D eigenvalue weighted by Gasteiger charge is 2.28. The molecule has 2 aromatic heterocycles. The molecule has 0 aliphatic heterocycles. The van der Waals surface area contributed by atoms with E-state index in [0.717, 1.165) is 18.5 Å². The molecule has 11 nitrogen and oxygen atoms in total. The van der Waals surface area contributed by atoms with Gasteiger partial charge in [0.1, 0.15) is 12.0 Å². The van der Waals surface area contributed by atoms with Crippen molar-refractivity contribution < 1.29 is 9.59 Å². The summed E-state index contributed by atoms with van der Waals surface area (Å²) in [5.41, 5.74) is 0.961. The second-order valence-corrected chi connectivity index (χ2v) is 6.54. The minimum Gasteiger partial charge on any atom is -0.389 e. The molecular weight excluding hydrogens is 386 g/mol. The van der Waals surface area contributed by atoms with Crippen molar-refractivity contribution in [1.82, 2.24) is 35.9 Å². The molecule has 1 aliphatic rings. The van der Waals surface area contributed by atoms with Crippen LogP contribution in [0.15, 0.2) is 36.8 Å². The molecule has 0 radical (unpaired) electrons. The molecule has 3 rings (SSSR count). The Hall–Kier alpha value is -3.89. The summed E-state index contributed by atoms with van der Waals surface area (Å²) in [6.45, 7) is 2.41. The zero-order valence-electron chi connectivity index (χ0n) is 16.7. The second kappa shape index (κ2) is 9.54. The smallest absolute Gasteiger partial charge is 0.278 e. The van der Waals surface area contributed by atoms with Gasteiger partial charge >= 0.3 is 0 Å². The van der Waals surface area contributed by atoms with Gasteiger partial charge in [-0.2, -0.15) is 0 Å². The number of amides is 2. The number of hydrogen-bond acceptors (Lipinski definition) is 9. The van der Waals surface area contributed by atoms with Gasteiger partial charge in [-0.05, 0) is 19.8 Å². The molecule has 0 spiro atoms. The Morgan fingerprint density at radius 3 is 2.60 bits per heavy atom. The van der Waals surface area contributed by atoms with Gasteiger partial charge in [-0.25, -0.2) is 19.9 Å². The van der Waals surface area contributed by atoms with Crippen molar-refractivity contribution in [3.05, 3.63) is 48.2 Å². The van der Waals surface area contributed by atoms with Crippen LogP contribution in [0.5, 0.6) is 0 Å². The molecule has 1 aliphatic carbocycles. The van der Waals surface area contributed by atoms with E-state index in [-0.39, 0.29) is 22.9 Å². The van der Waals surface area contributed by atoms with Gasteiger partial charge in [0.25, 0.3) is 11.8 Å². The quantitative estimate of drug-likeness (QED) is 0.381. The first-order valence-corrected chi connectivity index (χ1v) is 9.48. The lowest BCUT2D eigenvalue weighted by atomic mass is 10.2. The van der Waals surface area contributed by atoms with Crippen molar-refractivity contribution in [2.24, 2.45) is 0 Å². The molecule has 1 saturated carbocycles. The maximum Gasteiger partial charge on any atom is 0.278 e. The lowest BCUT2D eigenvalue weighted by molar-refractivity contribution is -0.114. The van der Waals surface area contributed by atoms with Crippen molar-refractivity contribution in [3.8, 4) is 0 Å². The van der Waals surface area contributed by atoms with E-state index in [1.807, 2.05) is 6.92 Å². The summed E-state index contributed by atoms with van der Waals surface area (Å²) in [6, 6.07) is 0. The van der Waals surface area contributed by atoms with Crippen LogP contribution in [-0.2, 0) is 4.79 Å². The van der Waals surface area contributed by atoms with Crippen LogP contribution in [0.4, 0.5) is 11.5 Å². The number of nitrogens with one attached hydrogen (secondary N) is 5. The van der Waals surface area contributed by atoms with Gasteiger partial charge in [0.05, 0.1) is 35.7 Å². The highest BCUT2D eigenvalue weighted by Crippen LogP contribution is 2.39. The summed E-state index contributed by atoms with van der Waals surface area (Å²) >= 11 is 0. The number of carbonyl (C=O) groups is 2. The van der Waals surface area contributed by atoms with Crippen LogP contribution in [0.2, 0.25) is 0 Å². The van der Waals surface area contributed by atoms with E-state index >= 15 is 0 Å². The van der Waals surface area contributed by atoms with Crippen molar-refractivity contribution in [2.75, 3.05) is 18.9 Å². The van der Waals surface area contributed by atoms with Gasteiger partial charge in [0.2, 0.25) is 0 Å². The summed E-state index contributed by atoms with van der Waals surface area (Å²) in [7, 11) is 1.41. The molecule has 0 aromatic carbocycles. The summed E-state index contributed by atoms with van der Waals surface area (Å²) in [5.74, 6) is -0.709. The highest BCUT2D eigenvalue weighted by molar-refractivity contribution is 6.44. The maximum atomic E-state index is 13.1. The Bertz CT molecular complexity index is 971. The predicted molar refractivity (Wildman–Crippen MR) is 110 cm³/mol. The molecule has 30 heavy (non-hydrogen) atoms. The van der Waals surface area contributed by atoms with E-state index in [9.17, 15) is 9.59 Å². The minimum atomic E-state index is -0.628. The van der Waals surface area contributed by atoms with Crippen LogP contribution < -0.4 is 21.3 Å². The maximum absolute atomic E-state index is 13.1. The first-order chi connectivity index (χ1) is 14.5. The topological polar surface area (TPSA) is 158 Å². The Morgan fingerprint density at radius 1 is 1.23 bits per heavy atom. The standard InChI is InChI=1S/C19H23N9O2/c1-3-22-8-14(15(20)18(29)21-2)28-19(30)16-17(26-12-6-23-10-24-7-12)25-9-13(27-16)11-4-5-11/h6-11,20,22H,3-5H2,1-2H3,(H,21,29)(H,25,26)(H,28,30)/b14-8+,20-15?. The van der Waals surface area contributed by atoms with Crippen molar-refractivity contribution >= 4 is 29.0 Å². The van der Waals surface area contributed by atoms with Crippen LogP contribution in [0, 0.1) is 5.41 Å². The third-order valence-corrected chi connectivity index (χ3v) is 4.25. The minimum absolute atomic E-state index is 0.0221. The highest BCUT2D eigenvalue weighted by atomic mass is 16.2. The molecule has 11 heteroatoms. The average molecular weight is 409 g/mol. The summed E-state index contributed by atoms with van der Waals surface area (Å²) in [4.78, 5) is 41.7. The first-order valence-electron chi connectivity index (χ1n) is 9.48. The van der Waals surface area contributed by atoms with E-state index in [1.54, 1.807) is 18.6 Å². The van der Waals surface area contributed by atoms with Crippen LogP contribution in [0.3, 0.4) is 0 Å². The summed E-state index contributed by atoms with van der Waals surface area (Å²) < 4.78 is 0. The number of rotatable bonds is 9. The number of carbonyl (C=O) groups excluding carboxylic acids is 2. The fraction of sp³-hybridized carbons (Fsp3) is 0.316. The lowest BCUT2D eigenvalue weighted by Crippen LogP contribution is -2.37. The molecule has 0 unspecified atom stereocenters. The van der Waals surface area contributed by atoms with Crippen LogP contribution in [-0.4, -0.2) is 51.1 Å². The van der Waals surface area contributed by atoms with Gasteiger partial charge in [0.15, 0.2) is 11.5 Å². The van der Waals surface area contributed by atoms with Crippen molar-refractivity contribution in [1.29, 1.82) is 5.41 Å². The van der Waals surface area contributed by atoms with Gasteiger partial charge in [-0.1, -0.05) is 0 Å². The SMILES string of the molecule is CCN/C=C(/NC(=O)c1nc(C2CC2)cnc1Nc1cncnc1)C(=N)C(=O)NC. The third-order valence-electron chi connectivity index (χ3n) is 4.25. The Morgan fingerprint density at radius 2 is 1.97 bits per heavy atom. The Kier molecular flexibility index (Phi) is 6.63. The molecule has 5 N–H and O–H groups in total. The van der Waals surface area contributed by atoms with Gasteiger partial charge in [0, 0.05) is 25.7 Å². The second-order valence-electron chi connectivity index (χ2n) is 6.54. The van der Waals surface area contributed by atoms with E-state index in [1.165, 1.54) is 19.6 Å². The fourth-order valence-electron chi connectivity index (χ4n) is 2.53. The normalized spacial score (nSPS) is 13.3. The molecule has 2 amide bonds. The zero-order valence-corrected chi connectivity index (χ0v) is 16.7. The first kappa shape index (κ1) is 20.8. The van der Waals surface area contributed by atoms with Crippen molar-refractivity contribution in [2.45, 2.75) is 25.7 Å². The van der Waals surface area contributed by atoms with Crippen LogP contribution in [0.1, 0.15) is 41.9 Å². The van der Waals surface area contributed by atoms with Gasteiger partial charge in [-0.3, -0.25) is 15.0 Å². The number of aromatic nitrogens is 4.